The number of aliphatic carboxylic acids is 1. The molecule has 0 aliphatic rings. The number of amides is 2. The molecule has 1 atom stereocenters. The van der Waals surface area contributed by atoms with Crippen LogP contribution >= 0.6 is 0 Å². The molecule has 0 heterocycles. The number of hydrogen-bond donors (Lipinski definition) is 4. The number of urea groups is 1. The van der Waals surface area contributed by atoms with Crippen molar-refractivity contribution in [3.05, 3.63) is 0 Å². The van der Waals surface area contributed by atoms with Gasteiger partial charge in [-0.2, -0.15) is 0 Å². The molecule has 2 amide bonds. The summed E-state index contributed by atoms with van der Waals surface area (Å²) in [5, 5.41) is 8.56. The lowest BCUT2D eigenvalue weighted by Crippen LogP contribution is -2.49. The molecule has 5 N–H and O–H groups in total. The lowest BCUT2D eigenvalue weighted by Gasteiger charge is -2.12. The van der Waals surface area contributed by atoms with Crippen molar-refractivity contribution in [2.24, 2.45) is 5.73 Å². The van der Waals surface area contributed by atoms with Crippen molar-refractivity contribution in [3.8, 4) is 0 Å². The van der Waals surface area contributed by atoms with E-state index >= 15 is 0 Å². The second-order valence-electron chi connectivity index (χ2n) is 2.31. The summed E-state index contributed by atoms with van der Waals surface area (Å²) in [6, 6.07) is -1.57. The molecule has 0 bridgehead atoms. The average Bonchev–Trinajstić information content (AvgIpc) is 1.96. The molecule has 0 fully saturated rings. The van der Waals surface area contributed by atoms with E-state index in [0.29, 0.717) is 12.8 Å². The highest BCUT2D eigenvalue weighted by Crippen LogP contribution is 1.94. The van der Waals surface area contributed by atoms with Crippen LogP contribution in [-0.4, -0.2) is 23.1 Å². The zero-order valence-corrected chi connectivity index (χ0v) is 6.83. The van der Waals surface area contributed by atoms with Crippen molar-refractivity contribution in [2.75, 3.05) is 0 Å². The van der Waals surface area contributed by atoms with Gasteiger partial charge in [-0.05, 0) is 6.42 Å². The fourth-order valence-electron chi connectivity index (χ4n) is 0.704. The van der Waals surface area contributed by atoms with Crippen LogP contribution in [0.5, 0.6) is 0 Å². The zero-order chi connectivity index (χ0) is 9.56. The Hall–Kier alpha value is -1.30. The van der Waals surface area contributed by atoms with Crippen LogP contribution in [0.4, 0.5) is 4.79 Å². The normalized spacial score (nSPS) is 12.1. The van der Waals surface area contributed by atoms with E-state index in [1.807, 2.05) is 12.3 Å². The van der Waals surface area contributed by atoms with Crippen molar-refractivity contribution in [3.63, 3.8) is 0 Å². The number of carbonyl (C=O) groups is 2. The molecule has 12 heavy (non-hydrogen) atoms. The minimum Gasteiger partial charge on any atom is -0.480 e. The predicted molar refractivity (Wildman–Crippen MR) is 42.2 cm³/mol. The Bertz CT molecular complexity index is 171. The van der Waals surface area contributed by atoms with E-state index in [9.17, 15) is 9.59 Å². The van der Waals surface area contributed by atoms with E-state index < -0.39 is 18.0 Å². The number of carbonyl (C=O) groups excluding carboxylic acids is 1. The van der Waals surface area contributed by atoms with Crippen LogP contribution in [0.15, 0.2) is 0 Å². The highest BCUT2D eigenvalue weighted by atomic mass is 16.4. The Morgan fingerprint density at radius 1 is 1.58 bits per heavy atom. The Morgan fingerprint density at radius 3 is 2.50 bits per heavy atom. The van der Waals surface area contributed by atoms with Gasteiger partial charge in [0.1, 0.15) is 6.04 Å². The monoisotopic (exact) mass is 175 g/mol. The molecule has 0 aliphatic carbocycles. The minimum atomic E-state index is -1.01. The number of nitrogens with two attached hydrogens (primary N) is 1. The number of hydrogen-bond acceptors (Lipinski definition) is 3. The number of primary amides is 1. The first kappa shape index (κ1) is 10.7. The van der Waals surface area contributed by atoms with E-state index in [1.54, 1.807) is 0 Å². The van der Waals surface area contributed by atoms with Gasteiger partial charge in [-0.15, -0.1) is 0 Å². The lowest BCUT2D eigenvalue weighted by atomic mass is 10.2. The van der Waals surface area contributed by atoms with Gasteiger partial charge in [0.25, 0.3) is 0 Å². The number of carboxylic acid groups (broad SMARTS) is 1. The smallest absolute Gasteiger partial charge is 0.326 e. The first-order chi connectivity index (χ1) is 5.57. The van der Waals surface area contributed by atoms with Gasteiger partial charge in [0.2, 0.25) is 0 Å². The van der Waals surface area contributed by atoms with Crippen molar-refractivity contribution in [2.45, 2.75) is 25.8 Å². The standard InChI is InChI=1S/C6H13N3O3/c1-2-3-4(5(10)11)8-9-6(7)12/h4,8H,2-3H2,1H3,(H,10,11)(H3,7,9,12). The Kier molecular flexibility index (Phi) is 4.78. The summed E-state index contributed by atoms with van der Waals surface area (Å²) < 4.78 is 0. The Balaban J connectivity index is 3.79. The molecule has 0 aliphatic heterocycles. The van der Waals surface area contributed by atoms with Crippen LogP contribution in [0, 0.1) is 0 Å². The molecule has 0 rings (SSSR count). The molecule has 0 aromatic rings. The molecule has 1 unspecified atom stereocenters. The molecule has 0 saturated heterocycles. The maximum absolute atomic E-state index is 10.4. The summed E-state index contributed by atoms with van der Waals surface area (Å²) in [7, 11) is 0. The molecular formula is C6H13N3O3. The highest BCUT2D eigenvalue weighted by molar-refractivity contribution is 5.75. The maximum Gasteiger partial charge on any atom is 0.326 e. The van der Waals surface area contributed by atoms with Crippen molar-refractivity contribution < 1.29 is 14.7 Å². The fourth-order valence-corrected chi connectivity index (χ4v) is 0.704. The fraction of sp³-hybridized carbons (Fsp3) is 0.667. The predicted octanol–water partition coefficient (Wildman–Crippen LogP) is -0.587. The number of rotatable bonds is 5. The van der Waals surface area contributed by atoms with Gasteiger partial charge in [0, 0.05) is 0 Å². The molecule has 6 nitrogen and oxygen atoms in total. The van der Waals surface area contributed by atoms with Crippen LogP contribution in [0.2, 0.25) is 0 Å². The number of hydrazine groups is 1. The highest BCUT2D eigenvalue weighted by Gasteiger charge is 2.15. The van der Waals surface area contributed by atoms with Gasteiger partial charge in [0.15, 0.2) is 0 Å². The zero-order valence-electron chi connectivity index (χ0n) is 6.83. The van der Waals surface area contributed by atoms with E-state index in [-0.39, 0.29) is 0 Å². The summed E-state index contributed by atoms with van der Waals surface area (Å²) in [4.78, 5) is 20.6. The second kappa shape index (κ2) is 5.36. The minimum absolute atomic E-state index is 0.440. The Morgan fingerprint density at radius 2 is 2.17 bits per heavy atom. The number of nitrogens with one attached hydrogen (secondary N) is 2. The molecule has 0 aromatic heterocycles. The molecular weight excluding hydrogens is 162 g/mol. The number of carboxylic acids is 1. The lowest BCUT2D eigenvalue weighted by molar-refractivity contribution is -0.139. The van der Waals surface area contributed by atoms with Gasteiger partial charge in [0.05, 0.1) is 0 Å². The summed E-state index contributed by atoms with van der Waals surface area (Å²) >= 11 is 0. The first-order valence-electron chi connectivity index (χ1n) is 3.61. The second-order valence-corrected chi connectivity index (χ2v) is 2.31. The van der Waals surface area contributed by atoms with Gasteiger partial charge >= 0.3 is 12.0 Å². The summed E-state index contributed by atoms with van der Waals surface area (Å²) in [6.07, 6.45) is 1.15. The quantitative estimate of drug-likeness (QED) is 0.419. The van der Waals surface area contributed by atoms with E-state index in [4.69, 9.17) is 10.8 Å². The molecule has 70 valence electrons. The topological polar surface area (TPSA) is 104 Å². The van der Waals surface area contributed by atoms with E-state index in [0.717, 1.165) is 0 Å². The van der Waals surface area contributed by atoms with Gasteiger partial charge in [-0.1, -0.05) is 13.3 Å². The maximum atomic E-state index is 10.4. The van der Waals surface area contributed by atoms with Gasteiger partial charge in [-0.25, -0.2) is 10.2 Å². The third kappa shape index (κ3) is 4.51. The van der Waals surface area contributed by atoms with Gasteiger partial charge < -0.3 is 10.8 Å². The van der Waals surface area contributed by atoms with Crippen LogP contribution in [0.25, 0.3) is 0 Å². The SMILES string of the molecule is CCCC(NNC(N)=O)C(=O)O. The third-order valence-corrected chi connectivity index (χ3v) is 1.25. The van der Waals surface area contributed by atoms with Crippen LogP contribution < -0.4 is 16.6 Å². The summed E-state index contributed by atoms with van der Waals surface area (Å²) in [5.74, 6) is -1.01. The molecule has 0 aromatic carbocycles. The first-order valence-corrected chi connectivity index (χ1v) is 3.61. The molecule has 0 spiro atoms. The molecule has 6 heteroatoms. The largest absolute Gasteiger partial charge is 0.480 e. The third-order valence-electron chi connectivity index (χ3n) is 1.25. The van der Waals surface area contributed by atoms with Crippen molar-refractivity contribution in [1.82, 2.24) is 10.9 Å². The van der Waals surface area contributed by atoms with Crippen molar-refractivity contribution in [1.29, 1.82) is 0 Å². The average molecular weight is 175 g/mol. The van der Waals surface area contributed by atoms with E-state index in [2.05, 4.69) is 5.43 Å². The Labute approximate surface area is 70.1 Å². The summed E-state index contributed by atoms with van der Waals surface area (Å²) in [5.41, 5.74) is 9.05. The van der Waals surface area contributed by atoms with Crippen molar-refractivity contribution >= 4 is 12.0 Å². The van der Waals surface area contributed by atoms with Crippen LogP contribution in [-0.2, 0) is 4.79 Å². The molecule has 0 saturated carbocycles. The molecule has 0 radical (unpaired) electrons. The van der Waals surface area contributed by atoms with Gasteiger partial charge in [-0.3, -0.25) is 10.2 Å². The van der Waals surface area contributed by atoms with Crippen LogP contribution in [0.3, 0.4) is 0 Å². The van der Waals surface area contributed by atoms with Crippen LogP contribution in [0.1, 0.15) is 19.8 Å². The van der Waals surface area contributed by atoms with E-state index in [1.165, 1.54) is 0 Å². The summed E-state index contributed by atoms with van der Waals surface area (Å²) in [6.45, 7) is 1.85.